The van der Waals surface area contributed by atoms with E-state index in [4.69, 9.17) is 10.4 Å². The minimum absolute atomic E-state index is 0.00446. The van der Waals surface area contributed by atoms with Crippen molar-refractivity contribution in [2.45, 2.75) is 52.9 Å². The highest BCUT2D eigenvalue weighted by Gasteiger charge is 2.18. The van der Waals surface area contributed by atoms with E-state index in [1.54, 1.807) is 23.1 Å². The standard InChI is InChI=1S/C25H31N5S2/c1-16-11-19(17(2)10-18(16)6-7-30-8-9-31-24(30)26)12-23-29-21(15-32-23)20-13-28-22(14-27-20)25(3,4)5/h10-11,13-15,26H,6-9,12H2,1-5H3. The molecule has 7 heteroatoms. The maximum absolute atomic E-state index is 8.00. The van der Waals surface area contributed by atoms with Crippen molar-refractivity contribution in [1.82, 2.24) is 19.9 Å². The summed E-state index contributed by atoms with van der Waals surface area (Å²) in [5, 5.41) is 11.9. The lowest BCUT2D eigenvalue weighted by Gasteiger charge is -2.18. The van der Waals surface area contributed by atoms with Gasteiger partial charge in [0.2, 0.25) is 0 Å². The highest BCUT2D eigenvalue weighted by Crippen LogP contribution is 2.26. The van der Waals surface area contributed by atoms with Crippen LogP contribution in [0.25, 0.3) is 11.4 Å². The lowest BCUT2D eigenvalue weighted by molar-refractivity contribution is 0.463. The molecule has 3 aromatic rings. The number of hydrogen-bond acceptors (Lipinski definition) is 6. The zero-order valence-corrected chi connectivity index (χ0v) is 21.2. The third kappa shape index (κ3) is 5.21. The van der Waals surface area contributed by atoms with Crippen LogP contribution in [-0.2, 0) is 18.3 Å². The number of thiazole rings is 1. The van der Waals surface area contributed by atoms with Gasteiger partial charge in [-0.2, -0.15) is 0 Å². The van der Waals surface area contributed by atoms with Crippen LogP contribution in [0.2, 0.25) is 0 Å². The van der Waals surface area contributed by atoms with Crippen LogP contribution < -0.4 is 0 Å². The topological polar surface area (TPSA) is 65.8 Å². The lowest BCUT2D eigenvalue weighted by Crippen LogP contribution is -2.26. The predicted molar refractivity (Wildman–Crippen MR) is 136 cm³/mol. The van der Waals surface area contributed by atoms with E-state index in [-0.39, 0.29) is 5.41 Å². The van der Waals surface area contributed by atoms with Crippen LogP contribution in [0.5, 0.6) is 0 Å². The molecule has 0 unspecified atom stereocenters. The molecule has 0 bridgehead atoms. The first-order valence-electron chi connectivity index (χ1n) is 11.0. The van der Waals surface area contributed by atoms with Crippen molar-refractivity contribution in [3.8, 4) is 11.4 Å². The Morgan fingerprint density at radius 3 is 2.44 bits per heavy atom. The second-order valence-corrected chi connectivity index (χ2v) is 11.5. The fourth-order valence-corrected chi connectivity index (χ4v) is 5.51. The van der Waals surface area contributed by atoms with Crippen molar-refractivity contribution in [1.29, 1.82) is 5.41 Å². The second-order valence-electron chi connectivity index (χ2n) is 9.44. The molecular weight excluding hydrogens is 434 g/mol. The van der Waals surface area contributed by atoms with Crippen molar-refractivity contribution < 1.29 is 0 Å². The first-order chi connectivity index (χ1) is 15.2. The van der Waals surface area contributed by atoms with Crippen molar-refractivity contribution in [3.63, 3.8) is 0 Å². The smallest absolute Gasteiger partial charge is 0.156 e. The molecule has 4 rings (SSSR count). The maximum Gasteiger partial charge on any atom is 0.156 e. The summed E-state index contributed by atoms with van der Waals surface area (Å²) in [5.41, 5.74) is 8.05. The Morgan fingerprint density at radius 2 is 1.78 bits per heavy atom. The molecule has 3 heterocycles. The van der Waals surface area contributed by atoms with Gasteiger partial charge in [0.05, 0.1) is 16.9 Å². The molecule has 1 fully saturated rings. The van der Waals surface area contributed by atoms with Gasteiger partial charge in [-0.15, -0.1) is 11.3 Å². The summed E-state index contributed by atoms with van der Waals surface area (Å²) in [7, 11) is 0. The summed E-state index contributed by atoms with van der Waals surface area (Å²) in [5.74, 6) is 1.04. The van der Waals surface area contributed by atoms with Crippen LogP contribution in [0.3, 0.4) is 0 Å². The SMILES string of the molecule is Cc1cc(Cc2nc(-c3cnc(C(C)(C)C)cn3)cs2)c(C)cc1CCN1CCSC1=N. The van der Waals surface area contributed by atoms with E-state index in [9.17, 15) is 0 Å². The van der Waals surface area contributed by atoms with E-state index in [1.807, 2.05) is 12.4 Å². The highest BCUT2D eigenvalue weighted by molar-refractivity contribution is 8.14. The van der Waals surface area contributed by atoms with Gasteiger partial charge in [-0.25, -0.2) is 4.98 Å². The first kappa shape index (κ1) is 22.9. The summed E-state index contributed by atoms with van der Waals surface area (Å²) >= 11 is 3.33. The highest BCUT2D eigenvalue weighted by atomic mass is 32.2. The van der Waals surface area contributed by atoms with Gasteiger partial charge >= 0.3 is 0 Å². The average molecular weight is 466 g/mol. The molecule has 0 amide bonds. The number of aryl methyl sites for hydroxylation is 2. The number of nitrogens with zero attached hydrogens (tertiary/aromatic N) is 4. The molecule has 32 heavy (non-hydrogen) atoms. The molecule has 0 spiro atoms. The van der Waals surface area contributed by atoms with Gasteiger partial charge < -0.3 is 4.90 Å². The van der Waals surface area contributed by atoms with E-state index in [0.29, 0.717) is 5.17 Å². The molecule has 168 valence electrons. The lowest BCUT2D eigenvalue weighted by atomic mass is 9.93. The maximum atomic E-state index is 8.00. The fraction of sp³-hybridized carbons (Fsp3) is 0.440. The van der Waals surface area contributed by atoms with E-state index >= 15 is 0 Å². The number of thioether (sulfide) groups is 1. The molecule has 1 saturated heterocycles. The Balaban J connectivity index is 1.45. The molecule has 1 N–H and O–H groups in total. The van der Waals surface area contributed by atoms with Crippen molar-refractivity contribution in [2.75, 3.05) is 18.8 Å². The number of amidine groups is 1. The summed E-state index contributed by atoms with van der Waals surface area (Å²) in [6.45, 7) is 12.7. The van der Waals surface area contributed by atoms with Gasteiger partial charge in [-0.3, -0.25) is 15.4 Å². The van der Waals surface area contributed by atoms with Crippen LogP contribution in [0.4, 0.5) is 0 Å². The van der Waals surface area contributed by atoms with Crippen molar-refractivity contribution in [2.24, 2.45) is 0 Å². The molecule has 0 atom stereocenters. The fourth-order valence-electron chi connectivity index (χ4n) is 3.83. The number of aromatic nitrogens is 3. The van der Waals surface area contributed by atoms with Crippen LogP contribution in [0.1, 0.15) is 53.7 Å². The van der Waals surface area contributed by atoms with Crippen molar-refractivity contribution in [3.05, 3.63) is 62.9 Å². The molecule has 0 radical (unpaired) electrons. The summed E-state index contributed by atoms with van der Waals surface area (Å²) in [6, 6.07) is 4.64. The van der Waals surface area contributed by atoms with Gasteiger partial charge in [0.15, 0.2) is 5.17 Å². The molecule has 0 saturated carbocycles. The van der Waals surface area contributed by atoms with Gasteiger partial charge in [0.1, 0.15) is 11.4 Å². The Kier molecular flexibility index (Phi) is 6.67. The van der Waals surface area contributed by atoms with Gasteiger partial charge in [0.25, 0.3) is 0 Å². The third-order valence-corrected chi connectivity index (χ3v) is 7.68. The summed E-state index contributed by atoms with van der Waals surface area (Å²) in [4.78, 5) is 16.2. The molecule has 1 aliphatic heterocycles. The van der Waals surface area contributed by atoms with Crippen LogP contribution >= 0.6 is 23.1 Å². The summed E-state index contributed by atoms with van der Waals surface area (Å²) in [6.07, 6.45) is 5.52. The third-order valence-electron chi connectivity index (χ3n) is 5.91. The Hall–Kier alpha value is -2.25. The van der Waals surface area contributed by atoms with Crippen LogP contribution in [-0.4, -0.2) is 43.9 Å². The number of hydrogen-bond donors (Lipinski definition) is 1. The van der Waals surface area contributed by atoms with Gasteiger partial charge in [-0.1, -0.05) is 44.7 Å². The number of benzene rings is 1. The Morgan fingerprint density at radius 1 is 1.03 bits per heavy atom. The van der Waals surface area contributed by atoms with E-state index in [0.717, 1.165) is 53.8 Å². The quantitative estimate of drug-likeness (QED) is 0.511. The van der Waals surface area contributed by atoms with E-state index in [2.05, 4.69) is 67.0 Å². The molecule has 5 nitrogen and oxygen atoms in total. The van der Waals surface area contributed by atoms with E-state index < -0.39 is 0 Å². The molecule has 0 aliphatic carbocycles. The monoisotopic (exact) mass is 465 g/mol. The largest absolute Gasteiger partial charge is 0.350 e. The van der Waals surface area contributed by atoms with Gasteiger partial charge in [-0.05, 0) is 42.5 Å². The minimum Gasteiger partial charge on any atom is -0.350 e. The summed E-state index contributed by atoms with van der Waals surface area (Å²) < 4.78 is 0. The van der Waals surface area contributed by atoms with Crippen LogP contribution in [0, 0.1) is 19.3 Å². The predicted octanol–water partition coefficient (Wildman–Crippen LogP) is 5.63. The Bertz CT molecular complexity index is 1110. The number of rotatable bonds is 6. The number of nitrogens with one attached hydrogen (secondary N) is 1. The normalized spacial score (nSPS) is 14.4. The molecular formula is C25H31N5S2. The van der Waals surface area contributed by atoms with Gasteiger partial charge in [0, 0.05) is 42.3 Å². The van der Waals surface area contributed by atoms with E-state index in [1.165, 1.54) is 22.3 Å². The zero-order chi connectivity index (χ0) is 22.9. The average Bonchev–Trinajstić information content (AvgIpc) is 3.38. The molecule has 2 aromatic heterocycles. The zero-order valence-electron chi connectivity index (χ0n) is 19.5. The first-order valence-corrected chi connectivity index (χ1v) is 12.9. The molecule has 1 aromatic carbocycles. The Labute approximate surface area is 199 Å². The van der Waals surface area contributed by atoms with Crippen molar-refractivity contribution >= 4 is 28.3 Å². The van der Waals surface area contributed by atoms with Crippen LogP contribution in [0.15, 0.2) is 29.9 Å². The second kappa shape index (κ2) is 9.32. The minimum atomic E-state index is -0.00446. The molecule has 1 aliphatic rings.